The number of hydrogen-bond donors (Lipinski definition) is 0. The van der Waals surface area contributed by atoms with Crippen LogP contribution in [-0.4, -0.2) is 54.6 Å². The van der Waals surface area contributed by atoms with E-state index in [1.165, 1.54) is 0 Å². The molecule has 0 aliphatic rings. The monoisotopic (exact) mass is 420 g/mol. The van der Waals surface area contributed by atoms with Gasteiger partial charge < -0.3 is 9.47 Å². The fraction of sp³-hybridized carbons (Fsp3) is 0.882. The molecule has 0 heterocycles. The van der Waals surface area contributed by atoms with Gasteiger partial charge in [-0.2, -0.15) is 0 Å². The Hall–Kier alpha value is -0.192. The largest absolute Gasteiger partial charge is 0.466 e. The van der Waals surface area contributed by atoms with E-state index in [0.717, 1.165) is 0 Å². The van der Waals surface area contributed by atoms with E-state index in [4.69, 9.17) is 9.47 Å². The average molecular weight is 421 g/mol. The third-order valence-electron chi connectivity index (χ3n) is 5.32. The molecule has 0 saturated heterocycles. The summed E-state index contributed by atoms with van der Waals surface area (Å²) in [5.41, 5.74) is -0.253. The first-order chi connectivity index (χ1) is 11.1. The van der Waals surface area contributed by atoms with Crippen LogP contribution in [0, 0.1) is 0 Å². The molecule has 0 aromatic carbocycles. The van der Waals surface area contributed by atoms with E-state index < -0.39 is 29.4 Å². The standard InChI is InChI=1S/C17H40O4Si4/c1-12-20-16(18)14-15(17(19)21-13-2)25(22(3,4)5,23(6,7)8)24(9,10)11/h15H,12-14H2,1-11H3. The lowest BCUT2D eigenvalue weighted by Gasteiger charge is -2.60. The van der Waals surface area contributed by atoms with Crippen LogP contribution in [0.3, 0.4) is 0 Å². The molecule has 0 spiro atoms. The molecule has 0 rings (SSSR count). The summed E-state index contributed by atoms with van der Waals surface area (Å²) in [6.07, 6.45) is 0.206. The summed E-state index contributed by atoms with van der Waals surface area (Å²) < 4.78 is 10.8. The van der Waals surface area contributed by atoms with Crippen LogP contribution in [0.2, 0.25) is 64.5 Å². The molecule has 0 saturated carbocycles. The van der Waals surface area contributed by atoms with Crippen LogP contribution in [0.15, 0.2) is 0 Å². The quantitative estimate of drug-likeness (QED) is 0.405. The van der Waals surface area contributed by atoms with Gasteiger partial charge in [0.1, 0.15) is 0 Å². The fourth-order valence-electron chi connectivity index (χ4n) is 5.99. The zero-order valence-electron chi connectivity index (χ0n) is 18.3. The smallest absolute Gasteiger partial charge is 0.306 e. The number of ether oxygens (including phenoxy) is 2. The van der Waals surface area contributed by atoms with Gasteiger partial charge in [-0.15, -0.1) is 0 Å². The highest BCUT2D eigenvalue weighted by Crippen LogP contribution is 2.47. The van der Waals surface area contributed by atoms with Crippen LogP contribution in [0.1, 0.15) is 20.3 Å². The van der Waals surface area contributed by atoms with Crippen molar-refractivity contribution in [2.75, 3.05) is 13.2 Å². The molecule has 0 radical (unpaired) electrons. The van der Waals surface area contributed by atoms with Crippen LogP contribution >= 0.6 is 0 Å². The van der Waals surface area contributed by atoms with Gasteiger partial charge in [0.2, 0.25) is 0 Å². The maximum absolute atomic E-state index is 13.1. The van der Waals surface area contributed by atoms with Crippen molar-refractivity contribution >= 4 is 41.3 Å². The minimum Gasteiger partial charge on any atom is -0.466 e. The van der Waals surface area contributed by atoms with Crippen molar-refractivity contribution < 1.29 is 19.1 Å². The summed E-state index contributed by atoms with van der Waals surface area (Å²) in [4.78, 5) is 25.6. The summed E-state index contributed by atoms with van der Waals surface area (Å²) in [5.74, 6) is -0.387. The lowest BCUT2D eigenvalue weighted by Crippen LogP contribution is -2.85. The second-order valence-corrected chi connectivity index (χ2v) is 50.8. The SMILES string of the molecule is CCOC(=O)CC(C(=O)OCC)[Si]([Si](C)(C)C)([Si](C)(C)C)[Si](C)(C)C. The van der Waals surface area contributed by atoms with Gasteiger partial charge in [0, 0.05) is 22.8 Å². The number of esters is 2. The highest BCUT2D eigenvalue weighted by Gasteiger charge is 2.67. The van der Waals surface area contributed by atoms with Crippen molar-refractivity contribution in [3.8, 4) is 0 Å². The topological polar surface area (TPSA) is 52.6 Å². The zero-order valence-corrected chi connectivity index (χ0v) is 22.3. The van der Waals surface area contributed by atoms with Crippen molar-refractivity contribution in [3.63, 3.8) is 0 Å². The Morgan fingerprint density at radius 2 is 1.08 bits per heavy atom. The molecule has 4 nitrogen and oxygen atoms in total. The molecular weight excluding hydrogens is 381 g/mol. The van der Waals surface area contributed by atoms with Crippen LogP contribution < -0.4 is 0 Å². The van der Waals surface area contributed by atoms with E-state index in [1.54, 1.807) is 0 Å². The third-order valence-corrected chi connectivity index (χ3v) is 78.8. The van der Waals surface area contributed by atoms with Crippen LogP contribution in [0.25, 0.3) is 0 Å². The van der Waals surface area contributed by atoms with Gasteiger partial charge in [-0.3, -0.25) is 9.59 Å². The lowest BCUT2D eigenvalue weighted by atomic mass is 10.3. The predicted molar refractivity (Wildman–Crippen MR) is 117 cm³/mol. The van der Waals surface area contributed by atoms with Crippen molar-refractivity contribution in [3.05, 3.63) is 0 Å². The molecule has 0 aromatic rings. The summed E-state index contributed by atoms with van der Waals surface area (Å²) >= 11 is 0. The first-order valence-electron chi connectivity index (χ1n) is 9.40. The third kappa shape index (κ3) is 5.17. The molecule has 0 N–H and O–H groups in total. The van der Waals surface area contributed by atoms with E-state index in [0.29, 0.717) is 13.2 Å². The molecule has 148 valence electrons. The summed E-state index contributed by atoms with van der Waals surface area (Å²) in [7, 11) is -5.10. The summed E-state index contributed by atoms with van der Waals surface area (Å²) in [5, 5.41) is 0. The second-order valence-electron chi connectivity index (χ2n) is 9.87. The Kier molecular flexibility index (Phi) is 8.60. The van der Waals surface area contributed by atoms with Gasteiger partial charge in [-0.1, -0.05) is 58.9 Å². The van der Waals surface area contributed by atoms with Crippen molar-refractivity contribution in [2.24, 2.45) is 0 Å². The maximum atomic E-state index is 13.1. The molecule has 1 unspecified atom stereocenters. The van der Waals surface area contributed by atoms with Crippen molar-refractivity contribution in [1.82, 2.24) is 0 Å². The normalized spacial score (nSPS) is 14.8. The molecular formula is C17H40O4Si4. The molecule has 0 amide bonds. The highest BCUT2D eigenvalue weighted by atomic mass is 29.9. The average Bonchev–Trinajstić information content (AvgIpc) is 2.33. The van der Waals surface area contributed by atoms with E-state index in [-0.39, 0.29) is 23.9 Å². The Balaban J connectivity index is 6.63. The van der Waals surface area contributed by atoms with Gasteiger partial charge in [0.25, 0.3) is 0 Å². The molecule has 0 bridgehead atoms. The Labute approximate surface area is 158 Å². The van der Waals surface area contributed by atoms with E-state index in [2.05, 4.69) is 58.9 Å². The zero-order chi connectivity index (χ0) is 20.3. The second kappa shape index (κ2) is 8.66. The van der Waals surface area contributed by atoms with Crippen LogP contribution in [-0.2, 0) is 19.1 Å². The lowest BCUT2D eigenvalue weighted by molar-refractivity contribution is -0.149. The predicted octanol–water partition coefficient (Wildman–Crippen LogP) is 4.57. The number of carbonyl (C=O) groups excluding carboxylic acids is 2. The molecule has 0 aliphatic heterocycles. The fourth-order valence-corrected chi connectivity index (χ4v) is 109. The Morgan fingerprint density at radius 3 is 1.36 bits per heavy atom. The molecule has 0 aromatic heterocycles. The molecule has 0 aliphatic carbocycles. The van der Waals surface area contributed by atoms with Gasteiger partial charge in [-0.25, -0.2) is 0 Å². The van der Waals surface area contributed by atoms with Crippen molar-refractivity contribution in [2.45, 2.75) is 84.7 Å². The molecule has 1 atom stereocenters. The summed E-state index contributed by atoms with van der Waals surface area (Å²) in [6, 6.07) is 0. The van der Waals surface area contributed by atoms with Crippen LogP contribution in [0.4, 0.5) is 0 Å². The van der Waals surface area contributed by atoms with Gasteiger partial charge in [0.05, 0.1) is 31.8 Å². The minimum atomic E-state index is -2.08. The Bertz CT molecular complexity index is 436. The number of carbonyl (C=O) groups is 2. The minimum absolute atomic E-state index is 0.144. The molecule has 8 heteroatoms. The Morgan fingerprint density at radius 1 is 0.720 bits per heavy atom. The molecule has 0 fully saturated rings. The van der Waals surface area contributed by atoms with Gasteiger partial charge in [0.15, 0.2) is 0 Å². The van der Waals surface area contributed by atoms with Crippen LogP contribution in [0.5, 0.6) is 0 Å². The van der Waals surface area contributed by atoms with Gasteiger partial charge >= 0.3 is 11.9 Å². The summed E-state index contributed by atoms with van der Waals surface area (Å²) in [6.45, 7) is 24.1. The van der Waals surface area contributed by atoms with E-state index in [9.17, 15) is 9.59 Å². The van der Waals surface area contributed by atoms with E-state index >= 15 is 0 Å². The first-order valence-corrected chi connectivity index (χ1v) is 25.0. The maximum Gasteiger partial charge on any atom is 0.306 e. The number of hydrogen-bond acceptors (Lipinski definition) is 4. The highest BCUT2D eigenvalue weighted by molar-refractivity contribution is 7.90. The van der Waals surface area contributed by atoms with E-state index in [1.807, 2.05) is 13.8 Å². The van der Waals surface area contributed by atoms with Gasteiger partial charge in [-0.05, 0) is 13.8 Å². The van der Waals surface area contributed by atoms with Crippen molar-refractivity contribution in [1.29, 1.82) is 0 Å². The first kappa shape index (κ1) is 24.8. The molecule has 25 heavy (non-hydrogen) atoms. The number of rotatable bonds is 9.